The third kappa shape index (κ3) is 1.15. The smallest absolute Gasteiger partial charge is 0.190 e. The number of aryl methyl sites for hydroxylation is 1. The molecule has 0 saturated heterocycles. The molecular weight excluding hydrogens is 126 g/mol. The Hall–Kier alpha value is -0.920. The number of hydrogen-bond acceptors (Lipinski definition) is 1. The average molecular weight is 139 g/mol. The van der Waals surface area contributed by atoms with Crippen LogP contribution in [0.5, 0.6) is 5.88 Å². The molecule has 0 fully saturated rings. The molecule has 0 saturated carbocycles. The van der Waals surface area contributed by atoms with Gasteiger partial charge in [0.2, 0.25) is 0 Å². The minimum absolute atomic E-state index is 0.337. The maximum Gasteiger partial charge on any atom is 0.190 e. The van der Waals surface area contributed by atoms with E-state index in [4.69, 9.17) is 5.11 Å². The van der Waals surface area contributed by atoms with E-state index in [1.54, 1.807) is 10.6 Å². The molecule has 0 atom stereocenters. The fourth-order valence-electron chi connectivity index (χ4n) is 0.894. The summed E-state index contributed by atoms with van der Waals surface area (Å²) in [5, 5.41) is 9.15. The Bertz CT molecular complexity index is 206. The van der Waals surface area contributed by atoms with Crippen LogP contribution in [0.3, 0.4) is 0 Å². The van der Waals surface area contributed by atoms with Gasteiger partial charge in [-0.3, -0.25) is 0 Å². The number of aromatic hydroxyl groups is 1. The van der Waals surface area contributed by atoms with Crippen LogP contribution >= 0.6 is 0 Å². The lowest BCUT2D eigenvalue weighted by Gasteiger charge is -1.96. The second-order valence-corrected chi connectivity index (χ2v) is 2.90. The summed E-state index contributed by atoms with van der Waals surface area (Å²) in [7, 11) is 1.83. The molecule has 10 heavy (non-hydrogen) atoms. The number of aromatic nitrogens is 1. The quantitative estimate of drug-likeness (QED) is 0.631. The lowest BCUT2D eigenvalue weighted by molar-refractivity contribution is 0.432. The normalized spacial score (nSPS) is 10.8. The van der Waals surface area contributed by atoms with E-state index in [1.165, 1.54) is 5.56 Å². The molecule has 1 aromatic rings. The Morgan fingerprint density at radius 3 is 2.30 bits per heavy atom. The summed E-state index contributed by atoms with van der Waals surface area (Å²) in [5.41, 5.74) is 1.18. The summed E-state index contributed by atoms with van der Waals surface area (Å²) in [6.07, 6.45) is 1.94. The van der Waals surface area contributed by atoms with Gasteiger partial charge in [-0.05, 0) is 11.5 Å². The van der Waals surface area contributed by atoms with E-state index in [1.807, 2.05) is 13.2 Å². The van der Waals surface area contributed by atoms with Crippen LogP contribution in [0.1, 0.15) is 25.3 Å². The molecule has 0 aromatic carbocycles. The van der Waals surface area contributed by atoms with Crippen molar-refractivity contribution in [3.05, 3.63) is 17.8 Å². The van der Waals surface area contributed by atoms with Crippen molar-refractivity contribution >= 4 is 0 Å². The van der Waals surface area contributed by atoms with Crippen LogP contribution in [-0.4, -0.2) is 9.67 Å². The van der Waals surface area contributed by atoms with Gasteiger partial charge in [-0.1, -0.05) is 13.8 Å². The predicted molar refractivity (Wildman–Crippen MR) is 41.2 cm³/mol. The number of rotatable bonds is 1. The van der Waals surface area contributed by atoms with Crippen LogP contribution in [0.4, 0.5) is 0 Å². The van der Waals surface area contributed by atoms with Gasteiger partial charge in [-0.15, -0.1) is 0 Å². The van der Waals surface area contributed by atoms with Crippen LogP contribution in [0, 0.1) is 0 Å². The van der Waals surface area contributed by atoms with Gasteiger partial charge in [0.25, 0.3) is 0 Å². The Balaban J connectivity index is 2.98. The van der Waals surface area contributed by atoms with Crippen molar-refractivity contribution in [2.45, 2.75) is 19.8 Å². The second kappa shape index (κ2) is 2.37. The highest BCUT2D eigenvalue weighted by Gasteiger charge is 2.03. The molecule has 0 aliphatic heterocycles. The van der Waals surface area contributed by atoms with Gasteiger partial charge < -0.3 is 9.67 Å². The fraction of sp³-hybridized carbons (Fsp3) is 0.500. The standard InChI is InChI=1S/C8H13NO/c1-6(2)7-4-8(10)9(3)5-7/h4-6,10H,1-3H3. The lowest BCUT2D eigenvalue weighted by atomic mass is 10.1. The topological polar surface area (TPSA) is 25.2 Å². The zero-order valence-electron chi connectivity index (χ0n) is 6.63. The van der Waals surface area contributed by atoms with E-state index in [-0.39, 0.29) is 0 Å². The Morgan fingerprint density at radius 2 is 2.10 bits per heavy atom. The third-order valence-corrected chi connectivity index (χ3v) is 1.67. The number of nitrogens with zero attached hydrogens (tertiary/aromatic N) is 1. The molecule has 0 aliphatic carbocycles. The van der Waals surface area contributed by atoms with Crippen molar-refractivity contribution in [1.82, 2.24) is 4.57 Å². The molecule has 1 heterocycles. The first-order valence-electron chi connectivity index (χ1n) is 3.46. The lowest BCUT2D eigenvalue weighted by Crippen LogP contribution is -1.84. The van der Waals surface area contributed by atoms with E-state index in [0.29, 0.717) is 11.8 Å². The van der Waals surface area contributed by atoms with E-state index in [9.17, 15) is 0 Å². The SMILES string of the molecule is CC(C)c1cc(O)n(C)c1. The van der Waals surface area contributed by atoms with Crippen LogP contribution in [0.2, 0.25) is 0 Å². The summed E-state index contributed by atoms with van der Waals surface area (Å²) in [4.78, 5) is 0. The van der Waals surface area contributed by atoms with Crippen LogP contribution < -0.4 is 0 Å². The van der Waals surface area contributed by atoms with Crippen molar-refractivity contribution in [3.63, 3.8) is 0 Å². The minimum atomic E-state index is 0.337. The van der Waals surface area contributed by atoms with Crippen LogP contribution in [-0.2, 0) is 7.05 Å². The minimum Gasteiger partial charge on any atom is -0.494 e. The maximum absolute atomic E-state index is 9.15. The second-order valence-electron chi connectivity index (χ2n) is 2.90. The molecule has 1 rings (SSSR count). The summed E-state index contributed by atoms with van der Waals surface area (Å²) in [6.45, 7) is 4.21. The Morgan fingerprint density at radius 1 is 1.50 bits per heavy atom. The highest BCUT2D eigenvalue weighted by Crippen LogP contribution is 2.20. The van der Waals surface area contributed by atoms with Crippen molar-refractivity contribution in [2.24, 2.45) is 7.05 Å². The van der Waals surface area contributed by atoms with Crippen molar-refractivity contribution in [1.29, 1.82) is 0 Å². The van der Waals surface area contributed by atoms with Crippen LogP contribution in [0.15, 0.2) is 12.3 Å². The van der Waals surface area contributed by atoms with E-state index in [0.717, 1.165) is 0 Å². The summed E-state index contributed by atoms with van der Waals surface area (Å²) >= 11 is 0. The van der Waals surface area contributed by atoms with Crippen molar-refractivity contribution in [3.8, 4) is 5.88 Å². The third-order valence-electron chi connectivity index (χ3n) is 1.67. The van der Waals surface area contributed by atoms with Gasteiger partial charge in [-0.2, -0.15) is 0 Å². The van der Waals surface area contributed by atoms with Crippen molar-refractivity contribution < 1.29 is 5.11 Å². The highest BCUT2D eigenvalue weighted by molar-refractivity contribution is 5.24. The predicted octanol–water partition coefficient (Wildman–Crippen LogP) is 1.85. The molecule has 2 nitrogen and oxygen atoms in total. The summed E-state index contributed by atoms with van der Waals surface area (Å²) in [6, 6.07) is 1.80. The molecule has 0 bridgehead atoms. The van der Waals surface area contributed by atoms with Gasteiger partial charge in [0.05, 0.1) is 0 Å². The van der Waals surface area contributed by atoms with E-state index in [2.05, 4.69) is 13.8 Å². The molecule has 56 valence electrons. The van der Waals surface area contributed by atoms with Gasteiger partial charge in [0.15, 0.2) is 5.88 Å². The Labute approximate surface area is 61.1 Å². The molecule has 2 heteroatoms. The highest BCUT2D eigenvalue weighted by atomic mass is 16.3. The molecule has 0 spiro atoms. The largest absolute Gasteiger partial charge is 0.494 e. The molecule has 0 amide bonds. The van der Waals surface area contributed by atoms with Crippen molar-refractivity contribution in [2.75, 3.05) is 0 Å². The van der Waals surface area contributed by atoms with E-state index >= 15 is 0 Å². The van der Waals surface area contributed by atoms with Gasteiger partial charge in [0.1, 0.15) is 0 Å². The first-order valence-corrected chi connectivity index (χ1v) is 3.46. The van der Waals surface area contributed by atoms with Gasteiger partial charge in [-0.25, -0.2) is 0 Å². The van der Waals surface area contributed by atoms with Gasteiger partial charge >= 0.3 is 0 Å². The number of hydrogen-bond donors (Lipinski definition) is 1. The molecule has 0 aliphatic rings. The molecule has 1 aromatic heterocycles. The summed E-state index contributed by atoms with van der Waals surface area (Å²) < 4.78 is 1.72. The first-order chi connectivity index (χ1) is 4.61. The molecule has 1 N–H and O–H groups in total. The first kappa shape index (κ1) is 7.19. The Kier molecular flexibility index (Phi) is 1.70. The molecule has 0 unspecified atom stereocenters. The molecular formula is C8H13NO. The van der Waals surface area contributed by atoms with Crippen LogP contribution in [0.25, 0.3) is 0 Å². The maximum atomic E-state index is 9.15. The van der Waals surface area contributed by atoms with E-state index < -0.39 is 0 Å². The zero-order chi connectivity index (χ0) is 7.72. The summed E-state index contributed by atoms with van der Waals surface area (Å²) in [5.74, 6) is 0.829. The fourth-order valence-corrected chi connectivity index (χ4v) is 0.894. The zero-order valence-corrected chi connectivity index (χ0v) is 6.63. The average Bonchev–Trinajstić information content (AvgIpc) is 2.13. The monoisotopic (exact) mass is 139 g/mol. The van der Waals surface area contributed by atoms with Gasteiger partial charge in [0, 0.05) is 19.3 Å². The molecule has 0 radical (unpaired) electrons.